The van der Waals surface area contributed by atoms with Gasteiger partial charge in [-0.3, -0.25) is 19.3 Å². The van der Waals surface area contributed by atoms with E-state index >= 15 is 0 Å². The monoisotopic (exact) mass is 390 g/mol. The minimum absolute atomic E-state index is 0.0232. The van der Waals surface area contributed by atoms with E-state index in [4.69, 9.17) is 0 Å². The highest BCUT2D eigenvalue weighted by Gasteiger charge is 2.16. The highest BCUT2D eigenvalue weighted by atomic mass is 32.2. The highest BCUT2D eigenvalue weighted by molar-refractivity contribution is 7.92. The molecule has 0 saturated heterocycles. The summed E-state index contributed by atoms with van der Waals surface area (Å²) in [5.41, 5.74) is 0.659. The van der Waals surface area contributed by atoms with E-state index in [0.29, 0.717) is 18.8 Å². The lowest BCUT2D eigenvalue weighted by Crippen LogP contribution is -2.40. The van der Waals surface area contributed by atoms with Crippen molar-refractivity contribution in [2.45, 2.75) is 18.7 Å². The van der Waals surface area contributed by atoms with Crippen LogP contribution < -0.4 is 10.0 Å². The van der Waals surface area contributed by atoms with Crippen LogP contribution in [-0.4, -0.2) is 49.8 Å². The van der Waals surface area contributed by atoms with Crippen LogP contribution in [0.1, 0.15) is 24.2 Å². The Labute approximate surface area is 158 Å². The first-order valence-electron chi connectivity index (χ1n) is 8.46. The summed E-state index contributed by atoms with van der Waals surface area (Å²) in [7, 11) is -3.77. The highest BCUT2D eigenvalue weighted by Crippen LogP contribution is 2.15. The zero-order valence-corrected chi connectivity index (χ0v) is 16.0. The van der Waals surface area contributed by atoms with Crippen LogP contribution in [0.5, 0.6) is 0 Å². The number of nitrogens with zero attached hydrogens (tertiary/aromatic N) is 2. The number of amides is 2. The number of sulfonamides is 1. The second kappa shape index (κ2) is 9.13. The van der Waals surface area contributed by atoms with Gasteiger partial charge < -0.3 is 10.2 Å². The first kappa shape index (κ1) is 20.4. The van der Waals surface area contributed by atoms with Gasteiger partial charge >= 0.3 is 0 Å². The van der Waals surface area contributed by atoms with Crippen LogP contribution in [0.25, 0.3) is 0 Å². The van der Waals surface area contributed by atoms with Crippen LogP contribution in [-0.2, 0) is 14.8 Å². The van der Waals surface area contributed by atoms with Crippen LogP contribution in [0.15, 0.2) is 53.7 Å². The molecule has 1 heterocycles. The van der Waals surface area contributed by atoms with Gasteiger partial charge in [0.25, 0.3) is 15.9 Å². The molecule has 0 aliphatic heterocycles. The standard InChI is InChI=1S/C18H22N4O4S/c1-3-22(4-2)17(23)13-20-18(24)14-5-7-16(8-6-14)27(25,26)21-15-9-11-19-12-10-15/h5-12H,3-4,13H2,1-2H3,(H,19,21)(H,20,24). The third kappa shape index (κ3) is 5.52. The maximum Gasteiger partial charge on any atom is 0.261 e. The molecular formula is C18H22N4O4S. The lowest BCUT2D eigenvalue weighted by molar-refractivity contribution is -0.129. The molecule has 2 N–H and O–H groups in total. The number of nitrogens with one attached hydrogen (secondary N) is 2. The summed E-state index contributed by atoms with van der Waals surface area (Å²) < 4.78 is 27.1. The van der Waals surface area contributed by atoms with E-state index in [1.165, 1.54) is 48.8 Å². The summed E-state index contributed by atoms with van der Waals surface area (Å²) in [5, 5.41) is 2.54. The molecule has 27 heavy (non-hydrogen) atoms. The third-order valence-corrected chi connectivity index (χ3v) is 5.27. The lowest BCUT2D eigenvalue weighted by atomic mass is 10.2. The summed E-state index contributed by atoms with van der Waals surface area (Å²) in [6, 6.07) is 8.55. The summed E-state index contributed by atoms with van der Waals surface area (Å²) in [5.74, 6) is -0.615. The maximum absolute atomic E-state index is 12.4. The molecule has 0 unspecified atom stereocenters. The Hall–Kier alpha value is -2.94. The van der Waals surface area contributed by atoms with Gasteiger partial charge in [0.05, 0.1) is 17.1 Å². The number of likely N-dealkylation sites (N-methyl/N-ethyl adjacent to an activating group) is 1. The van der Waals surface area contributed by atoms with Crippen molar-refractivity contribution in [1.82, 2.24) is 15.2 Å². The zero-order chi connectivity index (χ0) is 19.9. The van der Waals surface area contributed by atoms with E-state index in [1.54, 1.807) is 4.90 Å². The molecule has 2 aromatic rings. The Kier molecular flexibility index (Phi) is 6.89. The second-order valence-corrected chi connectivity index (χ2v) is 7.30. The van der Waals surface area contributed by atoms with Crippen molar-refractivity contribution in [3.8, 4) is 0 Å². The number of carbonyl (C=O) groups is 2. The number of hydrogen-bond acceptors (Lipinski definition) is 5. The number of hydrogen-bond donors (Lipinski definition) is 2. The first-order valence-corrected chi connectivity index (χ1v) is 9.94. The van der Waals surface area contributed by atoms with Crippen LogP contribution in [0.3, 0.4) is 0 Å². The van der Waals surface area contributed by atoms with E-state index in [9.17, 15) is 18.0 Å². The Balaban J connectivity index is 2.01. The van der Waals surface area contributed by atoms with Gasteiger partial charge in [-0.25, -0.2) is 8.42 Å². The van der Waals surface area contributed by atoms with Crippen molar-refractivity contribution in [2.75, 3.05) is 24.4 Å². The number of aromatic nitrogens is 1. The second-order valence-electron chi connectivity index (χ2n) is 5.61. The average Bonchev–Trinajstić information content (AvgIpc) is 2.67. The number of benzene rings is 1. The predicted molar refractivity (Wildman–Crippen MR) is 102 cm³/mol. The Morgan fingerprint density at radius 2 is 1.59 bits per heavy atom. The predicted octanol–water partition coefficient (Wildman–Crippen LogP) is 1.48. The van der Waals surface area contributed by atoms with Gasteiger partial charge in [-0.1, -0.05) is 0 Å². The summed E-state index contributed by atoms with van der Waals surface area (Å²) in [6.07, 6.45) is 2.95. The summed E-state index contributed by atoms with van der Waals surface area (Å²) in [6.45, 7) is 4.76. The maximum atomic E-state index is 12.4. The van der Waals surface area contributed by atoms with Gasteiger partial charge in [0, 0.05) is 31.0 Å². The van der Waals surface area contributed by atoms with Gasteiger partial charge in [-0.05, 0) is 50.2 Å². The molecule has 2 rings (SSSR count). The quantitative estimate of drug-likeness (QED) is 0.710. The number of anilines is 1. The molecule has 0 saturated carbocycles. The molecule has 1 aromatic carbocycles. The number of rotatable bonds is 8. The van der Waals surface area contributed by atoms with Crippen LogP contribution in [0.4, 0.5) is 5.69 Å². The van der Waals surface area contributed by atoms with Crippen molar-refractivity contribution in [3.05, 3.63) is 54.4 Å². The Morgan fingerprint density at radius 1 is 1.00 bits per heavy atom. The molecule has 0 fully saturated rings. The molecule has 0 bridgehead atoms. The molecule has 1 aromatic heterocycles. The minimum atomic E-state index is -3.77. The van der Waals surface area contributed by atoms with Crippen molar-refractivity contribution in [3.63, 3.8) is 0 Å². The van der Waals surface area contributed by atoms with Gasteiger partial charge in [0.2, 0.25) is 5.91 Å². The summed E-state index contributed by atoms with van der Waals surface area (Å²) >= 11 is 0. The van der Waals surface area contributed by atoms with Crippen LogP contribution in [0.2, 0.25) is 0 Å². The van der Waals surface area contributed by atoms with E-state index < -0.39 is 15.9 Å². The topological polar surface area (TPSA) is 108 Å². The Morgan fingerprint density at radius 3 is 2.15 bits per heavy atom. The largest absolute Gasteiger partial charge is 0.343 e. The van der Waals surface area contributed by atoms with Gasteiger partial charge in [-0.15, -0.1) is 0 Å². The van der Waals surface area contributed by atoms with Crippen molar-refractivity contribution < 1.29 is 18.0 Å². The molecule has 0 atom stereocenters. The fourth-order valence-corrected chi connectivity index (χ4v) is 3.42. The molecule has 9 heteroatoms. The van der Waals surface area contributed by atoms with E-state index in [0.717, 1.165) is 0 Å². The molecule has 0 radical (unpaired) electrons. The van der Waals surface area contributed by atoms with Crippen LogP contribution >= 0.6 is 0 Å². The minimum Gasteiger partial charge on any atom is -0.343 e. The van der Waals surface area contributed by atoms with Gasteiger partial charge in [0.1, 0.15) is 0 Å². The fraction of sp³-hybridized carbons (Fsp3) is 0.278. The normalized spacial score (nSPS) is 10.9. The van der Waals surface area contributed by atoms with E-state index in [1.807, 2.05) is 13.8 Å². The molecule has 0 aliphatic rings. The van der Waals surface area contributed by atoms with E-state index in [2.05, 4.69) is 15.0 Å². The zero-order valence-electron chi connectivity index (χ0n) is 15.2. The molecule has 0 spiro atoms. The molecule has 2 amide bonds. The van der Waals surface area contributed by atoms with Crippen molar-refractivity contribution >= 4 is 27.5 Å². The van der Waals surface area contributed by atoms with Crippen molar-refractivity contribution in [1.29, 1.82) is 0 Å². The first-order chi connectivity index (χ1) is 12.9. The summed E-state index contributed by atoms with van der Waals surface area (Å²) in [4.78, 5) is 29.5. The molecule has 144 valence electrons. The lowest BCUT2D eigenvalue weighted by Gasteiger charge is -2.18. The Bertz CT molecular complexity index is 879. The number of carbonyl (C=O) groups excluding carboxylic acids is 2. The van der Waals surface area contributed by atoms with Crippen LogP contribution in [0, 0.1) is 0 Å². The van der Waals surface area contributed by atoms with E-state index in [-0.39, 0.29) is 22.9 Å². The van der Waals surface area contributed by atoms with Gasteiger partial charge in [-0.2, -0.15) is 0 Å². The molecule has 0 aliphatic carbocycles. The smallest absolute Gasteiger partial charge is 0.261 e. The fourth-order valence-electron chi connectivity index (χ4n) is 2.37. The SMILES string of the molecule is CCN(CC)C(=O)CNC(=O)c1ccc(S(=O)(=O)Nc2ccncc2)cc1. The third-order valence-electron chi connectivity index (χ3n) is 3.88. The van der Waals surface area contributed by atoms with Gasteiger partial charge in [0.15, 0.2) is 0 Å². The molecule has 8 nitrogen and oxygen atoms in total. The van der Waals surface area contributed by atoms with Crippen molar-refractivity contribution in [2.24, 2.45) is 0 Å². The average molecular weight is 390 g/mol. The molecular weight excluding hydrogens is 368 g/mol. The number of pyridine rings is 1.